The van der Waals surface area contributed by atoms with Crippen molar-refractivity contribution in [3.8, 4) is 0 Å². The summed E-state index contributed by atoms with van der Waals surface area (Å²) in [5, 5.41) is 9.84. The van der Waals surface area contributed by atoms with Gasteiger partial charge in [0.15, 0.2) is 0 Å². The molecule has 1 aliphatic rings. The lowest BCUT2D eigenvalue weighted by Gasteiger charge is -2.38. The van der Waals surface area contributed by atoms with E-state index >= 15 is 0 Å². The molecule has 0 aliphatic carbocycles. The second kappa shape index (κ2) is 5.73. The van der Waals surface area contributed by atoms with Crippen LogP contribution in [0, 0.1) is 0 Å². The number of hydrazine groups is 1. The van der Waals surface area contributed by atoms with Crippen LogP contribution in [0.4, 0.5) is 11.5 Å². The topological polar surface area (TPSA) is 77.7 Å². The highest BCUT2D eigenvalue weighted by molar-refractivity contribution is 5.53. The van der Waals surface area contributed by atoms with Gasteiger partial charge in [0.1, 0.15) is 5.82 Å². The molecule has 2 heterocycles. The van der Waals surface area contributed by atoms with Crippen LogP contribution in [0.25, 0.3) is 0 Å². The lowest BCUT2D eigenvalue weighted by Crippen LogP contribution is -2.50. The first kappa shape index (κ1) is 14.0. The van der Waals surface area contributed by atoms with Crippen molar-refractivity contribution in [2.24, 2.45) is 5.84 Å². The number of aliphatic hydroxyl groups is 1. The van der Waals surface area contributed by atoms with Crippen molar-refractivity contribution in [2.45, 2.75) is 19.4 Å². The van der Waals surface area contributed by atoms with Crippen molar-refractivity contribution in [2.75, 3.05) is 43.0 Å². The van der Waals surface area contributed by atoms with Gasteiger partial charge in [0.05, 0.1) is 5.60 Å². The summed E-state index contributed by atoms with van der Waals surface area (Å²) < 4.78 is 0. The molecule has 6 nitrogen and oxygen atoms in total. The molecule has 0 amide bonds. The third kappa shape index (κ3) is 4.05. The lowest BCUT2D eigenvalue weighted by molar-refractivity contribution is 0.0345. The number of anilines is 2. The molecule has 0 saturated carbocycles. The Bertz CT molecular complexity index is 410. The molecule has 0 unspecified atom stereocenters. The Kier molecular flexibility index (Phi) is 4.24. The van der Waals surface area contributed by atoms with Gasteiger partial charge in [0.25, 0.3) is 0 Å². The Hall–Kier alpha value is -1.37. The van der Waals surface area contributed by atoms with Gasteiger partial charge in [0.2, 0.25) is 0 Å². The fourth-order valence-corrected chi connectivity index (χ4v) is 2.41. The van der Waals surface area contributed by atoms with E-state index in [-0.39, 0.29) is 0 Å². The number of nitrogens with one attached hydrogen (secondary N) is 1. The van der Waals surface area contributed by atoms with Crippen molar-refractivity contribution >= 4 is 11.5 Å². The zero-order valence-electron chi connectivity index (χ0n) is 11.6. The second-order valence-electron chi connectivity index (χ2n) is 5.62. The third-order valence-electron chi connectivity index (χ3n) is 3.24. The minimum atomic E-state index is -0.629. The van der Waals surface area contributed by atoms with E-state index in [9.17, 15) is 5.11 Å². The van der Waals surface area contributed by atoms with Crippen LogP contribution in [0.5, 0.6) is 0 Å². The number of aromatic nitrogens is 1. The molecule has 2 rings (SSSR count). The molecule has 0 aromatic carbocycles. The summed E-state index contributed by atoms with van der Waals surface area (Å²) in [7, 11) is 0. The van der Waals surface area contributed by atoms with E-state index in [1.165, 1.54) is 0 Å². The van der Waals surface area contributed by atoms with Crippen molar-refractivity contribution in [1.82, 2.24) is 9.88 Å². The normalized spacial score (nSPS) is 17.6. The molecule has 1 aromatic rings. The van der Waals surface area contributed by atoms with Gasteiger partial charge in [0, 0.05) is 50.7 Å². The monoisotopic (exact) mass is 265 g/mol. The van der Waals surface area contributed by atoms with E-state index in [0.717, 1.165) is 31.9 Å². The van der Waals surface area contributed by atoms with E-state index in [0.29, 0.717) is 12.4 Å². The largest absolute Gasteiger partial charge is 0.389 e. The van der Waals surface area contributed by atoms with Gasteiger partial charge >= 0.3 is 0 Å². The van der Waals surface area contributed by atoms with Crippen LogP contribution in [0.15, 0.2) is 18.3 Å². The minimum Gasteiger partial charge on any atom is -0.389 e. The molecule has 4 N–H and O–H groups in total. The zero-order chi connectivity index (χ0) is 13.9. The summed E-state index contributed by atoms with van der Waals surface area (Å²) in [5.41, 5.74) is 3.07. The molecule has 106 valence electrons. The Morgan fingerprint density at radius 3 is 2.63 bits per heavy atom. The molecular weight excluding hydrogens is 242 g/mol. The van der Waals surface area contributed by atoms with Crippen molar-refractivity contribution < 1.29 is 5.11 Å². The van der Waals surface area contributed by atoms with Crippen LogP contribution < -0.4 is 16.2 Å². The number of nitrogen functional groups attached to an aromatic ring is 1. The molecule has 19 heavy (non-hydrogen) atoms. The summed E-state index contributed by atoms with van der Waals surface area (Å²) in [6.07, 6.45) is 1.76. The maximum absolute atomic E-state index is 9.84. The highest BCUT2D eigenvalue weighted by atomic mass is 16.3. The maximum atomic E-state index is 9.84. The van der Waals surface area contributed by atoms with Crippen LogP contribution in [0.2, 0.25) is 0 Å². The highest BCUT2D eigenvalue weighted by Crippen LogP contribution is 2.19. The average molecular weight is 265 g/mol. The number of nitrogens with zero attached hydrogens (tertiary/aromatic N) is 3. The highest BCUT2D eigenvalue weighted by Gasteiger charge is 2.22. The van der Waals surface area contributed by atoms with Crippen LogP contribution in [-0.4, -0.2) is 53.3 Å². The molecular formula is C13H23N5O. The average Bonchev–Trinajstić information content (AvgIpc) is 2.38. The number of rotatable bonds is 4. The SMILES string of the molecule is CC(C)(O)CN1CCN(c2ccnc(NN)c2)CC1. The Labute approximate surface area is 114 Å². The van der Waals surface area contributed by atoms with Crippen molar-refractivity contribution in [1.29, 1.82) is 0 Å². The molecule has 0 atom stereocenters. The summed E-state index contributed by atoms with van der Waals surface area (Å²) in [6, 6.07) is 3.94. The maximum Gasteiger partial charge on any atom is 0.141 e. The number of hydrogen-bond donors (Lipinski definition) is 3. The van der Waals surface area contributed by atoms with Gasteiger partial charge < -0.3 is 15.4 Å². The molecule has 1 aliphatic heterocycles. The predicted octanol–water partition coefficient (Wildman–Crippen LogP) is 0.260. The fraction of sp³-hybridized carbons (Fsp3) is 0.615. The van der Waals surface area contributed by atoms with Crippen molar-refractivity contribution in [3.63, 3.8) is 0 Å². The van der Waals surface area contributed by atoms with Gasteiger partial charge in [-0.05, 0) is 19.9 Å². The van der Waals surface area contributed by atoms with Gasteiger partial charge in [-0.25, -0.2) is 10.8 Å². The Balaban J connectivity index is 1.92. The van der Waals surface area contributed by atoms with Gasteiger partial charge in [-0.15, -0.1) is 0 Å². The first-order valence-electron chi connectivity index (χ1n) is 6.60. The van der Waals surface area contributed by atoms with E-state index in [1.807, 2.05) is 26.0 Å². The number of pyridine rings is 1. The Morgan fingerprint density at radius 2 is 2.05 bits per heavy atom. The zero-order valence-corrected chi connectivity index (χ0v) is 11.6. The minimum absolute atomic E-state index is 0.629. The molecule has 1 aromatic heterocycles. The van der Waals surface area contributed by atoms with Crippen LogP contribution in [0.3, 0.4) is 0 Å². The van der Waals surface area contributed by atoms with Crippen molar-refractivity contribution in [3.05, 3.63) is 18.3 Å². The first-order chi connectivity index (χ1) is 8.98. The van der Waals surface area contributed by atoms with E-state index in [2.05, 4.69) is 20.2 Å². The fourth-order valence-electron chi connectivity index (χ4n) is 2.41. The van der Waals surface area contributed by atoms with E-state index in [1.54, 1.807) is 6.20 Å². The molecule has 6 heteroatoms. The Morgan fingerprint density at radius 1 is 1.37 bits per heavy atom. The summed E-state index contributed by atoms with van der Waals surface area (Å²) in [4.78, 5) is 8.71. The quantitative estimate of drug-likeness (QED) is 0.535. The van der Waals surface area contributed by atoms with Gasteiger partial charge in [-0.1, -0.05) is 0 Å². The molecule has 0 spiro atoms. The lowest BCUT2D eigenvalue weighted by atomic mass is 10.1. The van der Waals surface area contributed by atoms with Crippen LogP contribution in [0.1, 0.15) is 13.8 Å². The summed E-state index contributed by atoms with van der Waals surface area (Å²) in [6.45, 7) is 8.22. The predicted molar refractivity (Wildman–Crippen MR) is 77.0 cm³/mol. The number of hydrogen-bond acceptors (Lipinski definition) is 6. The number of β-amino-alcohol motifs (C(OH)–C–C–N with tert-alkyl or cyclic N) is 1. The second-order valence-corrected chi connectivity index (χ2v) is 5.62. The number of nitrogens with two attached hydrogens (primary N) is 1. The molecule has 1 fully saturated rings. The molecule has 0 radical (unpaired) electrons. The molecule has 1 saturated heterocycles. The van der Waals surface area contributed by atoms with Crippen LogP contribution in [-0.2, 0) is 0 Å². The smallest absolute Gasteiger partial charge is 0.141 e. The van der Waals surface area contributed by atoms with Crippen LogP contribution >= 0.6 is 0 Å². The summed E-state index contributed by atoms with van der Waals surface area (Å²) in [5.74, 6) is 6.05. The first-order valence-corrected chi connectivity index (χ1v) is 6.60. The van der Waals surface area contributed by atoms with Gasteiger partial charge in [-0.2, -0.15) is 0 Å². The van der Waals surface area contributed by atoms with E-state index < -0.39 is 5.60 Å². The third-order valence-corrected chi connectivity index (χ3v) is 3.24. The molecule has 0 bridgehead atoms. The number of piperazine rings is 1. The summed E-state index contributed by atoms with van der Waals surface area (Å²) >= 11 is 0. The van der Waals surface area contributed by atoms with E-state index in [4.69, 9.17) is 5.84 Å². The standard InChI is InChI=1S/C13H23N5O/c1-13(2,19)10-17-5-7-18(8-6-17)11-3-4-15-12(9-11)16-14/h3-4,9,19H,5-8,10,14H2,1-2H3,(H,15,16). The van der Waals surface area contributed by atoms with Gasteiger partial charge in [-0.3, -0.25) is 4.90 Å².